The molecular weight excluding hydrogens is 176 g/mol. The van der Waals surface area contributed by atoms with Gasteiger partial charge in [0, 0.05) is 13.0 Å². The van der Waals surface area contributed by atoms with E-state index in [4.69, 9.17) is 15.9 Å². The summed E-state index contributed by atoms with van der Waals surface area (Å²) in [5.74, 6) is 0.216. The Morgan fingerprint density at radius 3 is 2.36 bits per heavy atom. The van der Waals surface area contributed by atoms with Gasteiger partial charge in [0.2, 0.25) is 0 Å². The van der Waals surface area contributed by atoms with Gasteiger partial charge >= 0.3 is 0 Å². The Morgan fingerprint density at radius 1 is 1.07 bits per heavy atom. The molecular formula is C11H24N2O. The summed E-state index contributed by atoms with van der Waals surface area (Å²) in [7, 11) is 0. The highest BCUT2D eigenvalue weighted by molar-refractivity contribution is 5.76. The molecule has 0 aliphatic heterocycles. The molecule has 0 aromatic heterocycles. The van der Waals surface area contributed by atoms with Crippen molar-refractivity contribution in [2.24, 2.45) is 5.73 Å². The molecule has 0 aliphatic rings. The van der Waals surface area contributed by atoms with Crippen LogP contribution in [0.1, 0.15) is 51.9 Å². The zero-order valence-corrected chi connectivity index (χ0v) is 9.35. The van der Waals surface area contributed by atoms with Crippen LogP contribution in [0.4, 0.5) is 0 Å². The van der Waals surface area contributed by atoms with Gasteiger partial charge in [-0.3, -0.25) is 5.41 Å². The van der Waals surface area contributed by atoms with Crippen LogP contribution >= 0.6 is 0 Å². The van der Waals surface area contributed by atoms with Crippen LogP contribution in [0.25, 0.3) is 0 Å². The fourth-order valence-electron chi connectivity index (χ4n) is 1.27. The van der Waals surface area contributed by atoms with Crippen molar-refractivity contribution in [3.63, 3.8) is 0 Å². The summed E-state index contributed by atoms with van der Waals surface area (Å²) in [6.45, 7) is 3.65. The first kappa shape index (κ1) is 13.4. The number of rotatable bonds is 10. The summed E-state index contributed by atoms with van der Waals surface area (Å²) in [5, 5.41) is 6.98. The lowest BCUT2D eigenvalue weighted by atomic mass is 10.1. The highest BCUT2D eigenvalue weighted by Crippen LogP contribution is 2.04. The second-order valence-corrected chi connectivity index (χ2v) is 3.66. The molecule has 0 aromatic rings. The third kappa shape index (κ3) is 11.4. The van der Waals surface area contributed by atoms with Gasteiger partial charge in [-0.05, 0) is 6.42 Å². The number of nitrogens with two attached hydrogens (primary N) is 1. The molecule has 84 valence electrons. The molecule has 0 unspecified atom stereocenters. The van der Waals surface area contributed by atoms with Gasteiger partial charge in [0.25, 0.3) is 0 Å². The second-order valence-electron chi connectivity index (χ2n) is 3.66. The summed E-state index contributed by atoms with van der Waals surface area (Å²) in [6.07, 6.45) is 8.30. The van der Waals surface area contributed by atoms with E-state index in [0.29, 0.717) is 13.0 Å². The molecule has 0 fully saturated rings. The molecule has 0 rings (SSSR count). The van der Waals surface area contributed by atoms with Crippen LogP contribution in [0, 0.1) is 5.41 Å². The van der Waals surface area contributed by atoms with Crippen molar-refractivity contribution in [1.29, 1.82) is 5.41 Å². The van der Waals surface area contributed by atoms with Crippen molar-refractivity contribution in [2.45, 2.75) is 51.9 Å². The summed E-state index contributed by atoms with van der Waals surface area (Å²) >= 11 is 0. The summed E-state index contributed by atoms with van der Waals surface area (Å²) in [5.41, 5.74) is 5.19. The van der Waals surface area contributed by atoms with E-state index in [-0.39, 0.29) is 5.84 Å². The van der Waals surface area contributed by atoms with E-state index in [0.717, 1.165) is 13.0 Å². The van der Waals surface area contributed by atoms with Crippen molar-refractivity contribution in [3.05, 3.63) is 0 Å². The molecule has 14 heavy (non-hydrogen) atoms. The maximum absolute atomic E-state index is 6.98. The molecule has 0 atom stereocenters. The number of hydrogen-bond donors (Lipinski definition) is 2. The highest BCUT2D eigenvalue weighted by atomic mass is 16.5. The summed E-state index contributed by atoms with van der Waals surface area (Å²) in [4.78, 5) is 0. The Kier molecular flexibility index (Phi) is 10.1. The summed E-state index contributed by atoms with van der Waals surface area (Å²) in [6, 6.07) is 0. The van der Waals surface area contributed by atoms with Gasteiger partial charge in [0.05, 0.1) is 12.4 Å². The zero-order chi connectivity index (χ0) is 10.6. The Morgan fingerprint density at radius 2 is 1.71 bits per heavy atom. The van der Waals surface area contributed by atoms with Crippen molar-refractivity contribution < 1.29 is 4.74 Å². The topological polar surface area (TPSA) is 59.1 Å². The predicted octanol–water partition coefficient (Wildman–Crippen LogP) is 2.69. The van der Waals surface area contributed by atoms with Gasteiger partial charge in [0.1, 0.15) is 0 Å². The van der Waals surface area contributed by atoms with Crippen molar-refractivity contribution >= 4 is 5.84 Å². The Bertz CT molecular complexity index is 137. The normalized spacial score (nSPS) is 10.4. The van der Waals surface area contributed by atoms with E-state index in [1.165, 1.54) is 32.1 Å². The average molecular weight is 200 g/mol. The standard InChI is InChI=1S/C11H24N2O/c1-2-3-4-5-6-7-9-14-10-8-11(12)13/h2-10H2,1H3,(H3,12,13). The van der Waals surface area contributed by atoms with Crippen molar-refractivity contribution in [1.82, 2.24) is 0 Å². The van der Waals surface area contributed by atoms with E-state index in [1.807, 2.05) is 0 Å². The quantitative estimate of drug-likeness (QED) is 0.323. The Balaban J connectivity index is 2.88. The van der Waals surface area contributed by atoms with Gasteiger partial charge in [0.15, 0.2) is 0 Å². The monoisotopic (exact) mass is 200 g/mol. The molecule has 3 nitrogen and oxygen atoms in total. The number of nitrogens with one attached hydrogen (secondary N) is 1. The molecule has 0 radical (unpaired) electrons. The minimum absolute atomic E-state index is 0.216. The molecule has 0 bridgehead atoms. The van der Waals surface area contributed by atoms with Crippen LogP contribution in [0.5, 0.6) is 0 Å². The molecule has 0 heterocycles. The van der Waals surface area contributed by atoms with Gasteiger partial charge in [-0.15, -0.1) is 0 Å². The smallest absolute Gasteiger partial charge is 0.0928 e. The molecule has 0 spiro atoms. The van der Waals surface area contributed by atoms with Crippen LogP contribution in [0.15, 0.2) is 0 Å². The molecule has 0 aliphatic carbocycles. The lowest BCUT2D eigenvalue weighted by molar-refractivity contribution is 0.136. The Labute approximate surface area is 87.5 Å². The fourth-order valence-corrected chi connectivity index (χ4v) is 1.27. The molecule has 3 N–H and O–H groups in total. The second kappa shape index (κ2) is 10.5. The Hall–Kier alpha value is -0.570. The average Bonchev–Trinajstić information content (AvgIpc) is 2.15. The number of hydrogen-bond acceptors (Lipinski definition) is 2. The first-order valence-corrected chi connectivity index (χ1v) is 5.68. The molecule has 0 saturated carbocycles. The van der Waals surface area contributed by atoms with Crippen LogP contribution < -0.4 is 5.73 Å². The maximum Gasteiger partial charge on any atom is 0.0928 e. The summed E-state index contributed by atoms with van der Waals surface area (Å²) < 4.78 is 5.33. The maximum atomic E-state index is 6.98. The van der Waals surface area contributed by atoms with Gasteiger partial charge in [-0.25, -0.2) is 0 Å². The molecule has 0 amide bonds. The molecule has 3 heteroatoms. The van der Waals surface area contributed by atoms with Crippen LogP contribution in [-0.4, -0.2) is 19.0 Å². The predicted molar refractivity (Wildman–Crippen MR) is 60.7 cm³/mol. The highest BCUT2D eigenvalue weighted by Gasteiger charge is 1.92. The number of ether oxygens (including phenoxy) is 1. The number of unbranched alkanes of at least 4 members (excludes halogenated alkanes) is 5. The van der Waals surface area contributed by atoms with Crippen molar-refractivity contribution in [3.8, 4) is 0 Å². The molecule has 0 saturated heterocycles. The molecule has 0 aromatic carbocycles. The lowest BCUT2D eigenvalue weighted by Crippen LogP contribution is -2.12. The largest absolute Gasteiger partial charge is 0.388 e. The third-order valence-corrected chi connectivity index (χ3v) is 2.16. The first-order valence-electron chi connectivity index (χ1n) is 5.68. The van der Waals surface area contributed by atoms with E-state index in [1.54, 1.807) is 0 Å². The van der Waals surface area contributed by atoms with Gasteiger partial charge < -0.3 is 10.5 Å². The van der Waals surface area contributed by atoms with Gasteiger partial charge in [-0.1, -0.05) is 39.0 Å². The van der Waals surface area contributed by atoms with E-state index in [2.05, 4.69) is 6.92 Å². The van der Waals surface area contributed by atoms with Crippen LogP contribution in [0.2, 0.25) is 0 Å². The third-order valence-electron chi connectivity index (χ3n) is 2.16. The zero-order valence-electron chi connectivity index (χ0n) is 9.35. The number of amidine groups is 1. The SMILES string of the molecule is CCCCCCCCOCCC(=N)N. The minimum atomic E-state index is 0.216. The van der Waals surface area contributed by atoms with E-state index < -0.39 is 0 Å². The fraction of sp³-hybridized carbons (Fsp3) is 0.909. The lowest BCUT2D eigenvalue weighted by Gasteiger charge is -2.03. The first-order chi connectivity index (χ1) is 6.77. The van der Waals surface area contributed by atoms with Crippen LogP contribution in [0.3, 0.4) is 0 Å². The minimum Gasteiger partial charge on any atom is -0.388 e. The van der Waals surface area contributed by atoms with Crippen LogP contribution in [-0.2, 0) is 4.74 Å². The van der Waals surface area contributed by atoms with E-state index in [9.17, 15) is 0 Å². The van der Waals surface area contributed by atoms with E-state index >= 15 is 0 Å². The van der Waals surface area contributed by atoms with Crippen molar-refractivity contribution in [2.75, 3.05) is 13.2 Å². The van der Waals surface area contributed by atoms with Gasteiger partial charge in [-0.2, -0.15) is 0 Å².